The minimum absolute atomic E-state index is 0.0390. The Labute approximate surface area is 167 Å². The van der Waals surface area contributed by atoms with E-state index >= 15 is 0 Å². The molecular weight excluding hydrogens is 401 g/mol. The van der Waals surface area contributed by atoms with Crippen LogP contribution in [-0.4, -0.2) is 24.8 Å². The fourth-order valence-corrected chi connectivity index (χ4v) is 3.04. The van der Waals surface area contributed by atoms with E-state index in [1.165, 1.54) is 28.8 Å². The van der Waals surface area contributed by atoms with Gasteiger partial charge in [-0.25, -0.2) is 4.39 Å². The normalized spacial score (nSPS) is 13.7. The SMILES string of the molecule is O=c1ccc(-c2nc(C3CC3)no2)cn1Cc1nc(-c2ccc(F)c(Cl)c2)no1. The first-order valence-corrected chi connectivity index (χ1v) is 9.27. The molecule has 0 bridgehead atoms. The predicted molar refractivity (Wildman–Crippen MR) is 99.8 cm³/mol. The molecule has 3 heterocycles. The van der Waals surface area contributed by atoms with E-state index in [2.05, 4.69) is 20.3 Å². The number of pyridine rings is 1. The van der Waals surface area contributed by atoms with Crippen molar-refractivity contribution in [1.82, 2.24) is 24.8 Å². The molecule has 0 N–H and O–H groups in total. The van der Waals surface area contributed by atoms with Crippen LogP contribution in [0.2, 0.25) is 5.02 Å². The van der Waals surface area contributed by atoms with Gasteiger partial charge in [0, 0.05) is 23.7 Å². The summed E-state index contributed by atoms with van der Waals surface area (Å²) in [5.41, 5.74) is 0.875. The molecule has 29 heavy (non-hydrogen) atoms. The molecule has 0 atom stereocenters. The molecule has 146 valence electrons. The fourth-order valence-electron chi connectivity index (χ4n) is 2.86. The quantitative estimate of drug-likeness (QED) is 0.492. The van der Waals surface area contributed by atoms with E-state index in [4.69, 9.17) is 20.6 Å². The lowest BCUT2D eigenvalue weighted by atomic mass is 10.2. The summed E-state index contributed by atoms with van der Waals surface area (Å²) in [6, 6.07) is 7.17. The van der Waals surface area contributed by atoms with Gasteiger partial charge in [-0.3, -0.25) is 4.79 Å². The van der Waals surface area contributed by atoms with E-state index in [0.717, 1.165) is 12.8 Å². The third kappa shape index (κ3) is 3.56. The van der Waals surface area contributed by atoms with Crippen LogP contribution in [0.25, 0.3) is 22.8 Å². The number of aromatic nitrogens is 5. The Morgan fingerprint density at radius 2 is 1.93 bits per heavy atom. The lowest BCUT2D eigenvalue weighted by Gasteiger charge is -2.03. The van der Waals surface area contributed by atoms with Crippen molar-refractivity contribution in [2.45, 2.75) is 25.3 Å². The zero-order chi connectivity index (χ0) is 20.0. The number of hydrogen-bond donors (Lipinski definition) is 0. The maximum Gasteiger partial charge on any atom is 0.259 e. The zero-order valence-corrected chi connectivity index (χ0v) is 15.6. The van der Waals surface area contributed by atoms with Crippen molar-refractivity contribution in [2.75, 3.05) is 0 Å². The second kappa shape index (κ2) is 6.93. The van der Waals surface area contributed by atoms with Crippen LogP contribution in [0.5, 0.6) is 0 Å². The molecular formula is C19H13ClFN5O3. The van der Waals surface area contributed by atoms with Gasteiger partial charge in [0.15, 0.2) is 5.82 Å². The summed E-state index contributed by atoms with van der Waals surface area (Å²) in [6.07, 6.45) is 3.74. The van der Waals surface area contributed by atoms with Gasteiger partial charge >= 0.3 is 0 Å². The molecule has 1 saturated carbocycles. The molecule has 1 fully saturated rings. The highest BCUT2D eigenvalue weighted by Crippen LogP contribution is 2.38. The summed E-state index contributed by atoms with van der Waals surface area (Å²) in [7, 11) is 0. The minimum Gasteiger partial charge on any atom is -0.337 e. The summed E-state index contributed by atoms with van der Waals surface area (Å²) in [5, 5.41) is 7.82. The zero-order valence-electron chi connectivity index (χ0n) is 14.9. The van der Waals surface area contributed by atoms with Gasteiger partial charge in [-0.1, -0.05) is 21.9 Å². The van der Waals surface area contributed by atoms with Crippen molar-refractivity contribution in [3.8, 4) is 22.8 Å². The molecule has 0 radical (unpaired) electrons. The summed E-state index contributed by atoms with van der Waals surface area (Å²) >= 11 is 5.80. The molecule has 0 amide bonds. The van der Waals surface area contributed by atoms with Crippen molar-refractivity contribution in [3.05, 3.63) is 69.4 Å². The Balaban J connectivity index is 1.40. The van der Waals surface area contributed by atoms with E-state index in [1.807, 2.05) is 0 Å². The second-order valence-corrected chi connectivity index (χ2v) is 7.16. The van der Waals surface area contributed by atoms with Crippen molar-refractivity contribution in [1.29, 1.82) is 0 Å². The van der Waals surface area contributed by atoms with Gasteiger partial charge in [-0.05, 0) is 37.1 Å². The lowest BCUT2D eigenvalue weighted by molar-refractivity contribution is 0.370. The van der Waals surface area contributed by atoms with Gasteiger partial charge in [0.25, 0.3) is 11.4 Å². The van der Waals surface area contributed by atoms with Crippen LogP contribution >= 0.6 is 11.6 Å². The molecule has 0 aliphatic heterocycles. The molecule has 4 aromatic rings. The van der Waals surface area contributed by atoms with Crippen LogP contribution in [0.3, 0.4) is 0 Å². The first-order valence-electron chi connectivity index (χ1n) is 8.89. The smallest absolute Gasteiger partial charge is 0.259 e. The van der Waals surface area contributed by atoms with Gasteiger partial charge in [-0.2, -0.15) is 9.97 Å². The van der Waals surface area contributed by atoms with Gasteiger partial charge < -0.3 is 13.6 Å². The predicted octanol–water partition coefficient (Wildman–Crippen LogP) is 3.67. The van der Waals surface area contributed by atoms with Crippen LogP contribution in [0.15, 0.2) is 50.4 Å². The fraction of sp³-hybridized carbons (Fsp3) is 0.211. The summed E-state index contributed by atoms with van der Waals surface area (Å²) in [4.78, 5) is 20.9. The molecule has 1 aromatic carbocycles. The summed E-state index contributed by atoms with van der Waals surface area (Å²) < 4.78 is 25.3. The summed E-state index contributed by atoms with van der Waals surface area (Å²) in [5.74, 6) is 1.34. The van der Waals surface area contributed by atoms with Crippen LogP contribution in [0, 0.1) is 5.82 Å². The number of halogens is 2. The monoisotopic (exact) mass is 413 g/mol. The van der Waals surface area contributed by atoms with E-state index < -0.39 is 5.82 Å². The Hall–Kier alpha value is -3.33. The molecule has 1 aliphatic rings. The maximum atomic E-state index is 13.3. The Morgan fingerprint density at radius 1 is 1.10 bits per heavy atom. The first-order chi connectivity index (χ1) is 14.1. The van der Waals surface area contributed by atoms with Crippen molar-refractivity contribution in [2.24, 2.45) is 0 Å². The first kappa shape index (κ1) is 17.7. The van der Waals surface area contributed by atoms with E-state index in [-0.39, 0.29) is 28.8 Å². The highest BCUT2D eigenvalue weighted by Gasteiger charge is 2.29. The largest absolute Gasteiger partial charge is 0.337 e. The van der Waals surface area contributed by atoms with E-state index in [0.29, 0.717) is 28.8 Å². The molecule has 3 aromatic heterocycles. The maximum absolute atomic E-state index is 13.3. The van der Waals surface area contributed by atoms with Gasteiger partial charge in [-0.15, -0.1) is 0 Å². The number of hydrogen-bond acceptors (Lipinski definition) is 7. The number of benzene rings is 1. The molecule has 0 saturated heterocycles. The Bertz CT molecular complexity index is 1260. The van der Waals surface area contributed by atoms with Crippen LogP contribution < -0.4 is 5.56 Å². The molecule has 5 rings (SSSR count). The van der Waals surface area contributed by atoms with Crippen molar-refractivity contribution < 1.29 is 13.4 Å². The average molecular weight is 414 g/mol. The average Bonchev–Trinajstić information content (AvgIpc) is 3.25. The van der Waals surface area contributed by atoms with Crippen molar-refractivity contribution in [3.63, 3.8) is 0 Å². The Kier molecular flexibility index (Phi) is 4.24. The second-order valence-electron chi connectivity index (χ2n) is 6.76. The number of rotatable bonds is 5. The molecule has 1 aliphatic carbocycles. The van der Waals surface area contributed by atoms with Crippen LogP contribution in [-0.2, 0) is 6.54 Å². The third-order valence-corrected chi connectivity index (χ3v) is 4.86. The minimum atomic E-state index is -0.534. The van der Waals surface area contributed by atoms with E-state index in [1.54, 1.807) is 12.3 Å². The van der Waals surface area contributed by atoms with Crippen LogP contribution in [0.1, 0.15) is 30.5 Å². The molecule has 10 heteroatoms. The van der Waals surface area contributed by atoms with Gasteiger partial charge in [0.1, 0.15) is 12.4 Å². The molecule has 0 spiro atoms. The van der Waals surface area contributed by atoms with Crippen molar-refractivity contribution >= 4 is 11.6 Å². The standard InChI is InChI=1S/C19H13ClFN5O3/c20-13-7-11(3-5-14(13)21)18-22-15(28-24-18)9-26-8-12(4-6-16(26)27)19-23-17(25-29-19)10-1-2-10/h3-8,10H,1-2,9H2. The number of nitrogens with zero attached hydrogens (tertiary/aromatic N) is 5. The van der Waals surface area contributed by atoms with Gasteiger partial charge in [0.05, 0.1) is 10.6 Å². The van der Waals surface area contributed by atoms with Crippen LogP contribution in [0.4, 0.5) is 4.39 Å². The van der Waals surface area contributed by atoms with Gasteiger partial charge in [0.2, 0.25) is 11.7 Å². The Morgan fingerprint density at radius 3 is 2.72 bits per heavy atom. The summed E-state index contributed by atoms with van der Waals surface area (Å²) in [6.45, 7) is 0.0538. The topological polar surface area (TPSA) is 99.8 Å². The highest BCUT2D eigenvalue weighted by molar-refractivity contribution is 6.31. The lowest BCUT2D eigenvalue weighted by Crippen LogP contribution is -2.19. The highest BCUT2D eigenvalue weighted by atomic mass is 35.5. The molecule has 8 nitrogen and oxygen atoms in total. The van der Waals surface area contributed by atoms with E-state index in [9.17, 15) is 9.18 Å². The molecule has 0 unspecified atom stereocenters. The third-order valence-electron chi connectivity index (χ3n) is 4.57.